The maximum Gasteiger partial charge on any atom is 0.207 e. The fourth-order valence-corrected chi connectivity index (χ4v) is 2.83. The zero-order valence-corrected chi connectivity index (χ0v) is 10.1. The highest BCUT2D eigenvalue weighted by atomic mass is 35.5. The molecule has 84 valence electrons. The molecule has 4 nitrogen and oxygen atoms in total. The second-order valence-electron chi connectivity index (χ2n) is 4.14. The highest BCUT2D eigenvalue weighted by Crippen LogP contribution is 2.28. The molecule has 0 aromatic carbocycles. The summed E-state index contributed by atoms with van der Waals surface area (Å²) >= 11 is 7.12. The summed E-state index contributed by atoms with van der Waals surface area (Å²) < 4.78 is 0.498. The van der Waals surface area contributed by atoms with Crippen molar-refractivity contribution < 1.29 is 5.11 Å². The average molecular weight is 248 g/mol. The van der Waals surface area contributed by atoms with Gasteiger partial charge < -0.3 is 5.11 Å². The monoisotopic (exact) mass is 247 g/mol. The fraction of sp³-hybridized carbons (Fsp3) is 0.778. The van der Waals surface area contributed by atoms with Gasteiger partial charge in [-0.2, -0.15) is 0 Å². The number of nitrogens with zero attached hydrogens (tertiary/aromatic N) is 3. The van der Waals surface area contributed by atoms with E-state index in [4.69, 9.17) is 16.7 Å². The first-order valence-corrected chi connectivity index (χ1v) is 6.17. The van der Waals surface area contributed by atoms with Crippen molar-refractivity contribution in [2.24, 2.45) is 5.92 Å². The number of aliphatic hydroxyl groups is 1. The van der Waals surface area contributed by atoms with Crippen LogP contribution in [-0.2, 0) is 6.54 Å². The third-order valence-electron chi connectivity index (χ3n) is 2.63. The number of halogens is 1. The molecule has 1 aromatic heterocycles. The second kappa shape index (κ2) is 4.74. The molecule has 6 heteroatoms. The van der Waals surface area contributed by atoms with Crippen LogP contribution in [-0.4, -0.2) is 39.9 Å². The molecule has 0 saturated heterocycles. The lowest BCUT2D eigenvalue weighted by molar-refractivity contribution is 0.0273. The van der Waals surface area contributed by atoms with E-state index < -0.39 is 0 Å². The van der Waals surface area contributed by atoms with E-state index in [0.29, 0.717) is 10.4 Å². The fourth-order valence-electron chi connectivity index (χ4n) is 1.88. The van der Waals surface area contributed by atoms with Crippen LogP contribution in [0, 0.1) is 5.92 Å². The van der Waals surface area contributed by atoms with Crippen LogP contribution >= 0.6 is 22.9 Å². The zero-order chi connectivity index (χ0) is 10.8. The molecule has 1 fully saturated rings. The van der Waals surface area contributed by atoms with Gasteiger partial charge in [0.25, 0.3) is 0 Å². The van der Waals surface area contributed by atoms with Crippen molar-refractivity contribution in [3.8, 4) is 0 Å². The first kappa shape index (κ1) is 11.3. The summed E-state index contributed by atoms with van der Waals surface area (Å²) in [4.78, 5) is 2.20. The Kier molecular flexibility index (Phi) is 3.56. The summed E-state index contributed by atoms with van der Waals surface area (Å²) in [5.74, 6) is 0.633. The molecule has 0 bridgehead atoms. The van der Waals surface area contributed by atoms with Gasteiger partial charge in [-0.3, -0.25) is 4.90 Å². The molecule has 1 heterocycles. The summed E-state index contributed by atoms with van der Waals surface area (Å²) in [5, 5.41) is 17.8. The molecule has 0 radical (unpaired) electrons. The van der Waals surface area contributed by atoms with Crippen LogP contribution in [0.15, 0.2) is 0 Å². The van der Waals surface area contributed by atoms with E-state index in [2.05, 4.69) is 22.1 Å². The molecule has 0 atom stereocenters. The van der Waals surface area contributed by atoms with Crippen molar-refractivity contribution in [2.75, 3.05) is 13.6 Å². The zero-order valence-electron chi connectivity index (χ0n) is 8.56. The molecule has 0 amide bonds. The summed E-state index contributed by atoms with van der Waals surface area (Å²) in [7, 11) is 2.06. The Hall–Kier alpha value is -0.230. The predicted molar refractivity (Wildman–Crippen MR) is 60.0 cm³/mol. The van der Waals surface area contributed by atoms with Gasteiger partial charge in [0.1, 0.15) is 5.01 Å². The Bertz CT molecular complexity index is 327. The van der Waals surface area contributed by atoms with Crippen molar-refractivity contribution in [3.63, 3.8) is 0 Å². The second-order valence-corrected chi connectivity index (χ2v) is 5.78. The maximum absolute atomic E-state index is 9.17. The normalized spacial score (nSPS) is 25.6. The van der Waals surface area contributed by atoms with Crippen LogP contribution in [0.25, 0.3) is 0 Å². The maximum atomic E-state index is 9.17. The van der Waals surface area contributed by atoms with Crippen molar-refractivity contribution in [1.82, 2.24) is 15.1 Å². The van der Waals surface area contributed by atoms with Crippen molar-refractivity contribution in [3.05, 3.63) is 9.47 Å². The summed E-state index contributed by atoms with van der Waals surface area (Å²) in [6.07, 6.45) is 1.79. The number of aromatic nitrogens is 2. The van der Waals surface area contributed by atoms with E-state index in [9.17, 15) is 0 Å². The third kappa shape index (κ3) is 3.11. The first-order valence-electron chi connectivity index (χ1n) is 4.98. The Balaban J connectivity index is 1.75. The van der Waals surface area contributed by atoms with Crippen LogP contribution in [0.4, 0.5) is 0 Å². The van der Waals surface area contributed by atoms with E-state index in [-0.39, 0.29) is 6.10 Å². The highest BCUT2D eigenvalue weighted by Gasteiger charge is 2.27. The molecule has 1 saturated carbocycles. The minimum absolute atomic E-state index is 0.0700. The molecule has 1 aliphatic rings. The number of hydrogen-bond donors (Lipinski definition) is 1. The van der Waals surface area contributed by atoms with Gasteiger partial charge in [0, 0.05) is 6.54 Å². The van der Waals surface area contributed by atoms with Crippen LogP contribution < -0.4 is 0 Å². The van der Waals surface area contributed by atoms with Gasteiger partial charge in [0.05, 0.1) is 12.6 Å². The third-order valence-corrected chi connectivity index (χ3v) is 3.63. The first-order chi connectivity index (χ1) is 7.13. The Morgan fingerprint density at radius 2 is 2.27 bits per heavy atom. The lowest BCUT2D eigenvalue weighted by Gasteiger charge is -2.34. The van der Waals surface area contributed by atoms with E-state index in [1.165, 1.54) is 11.3 Å². The van der Waals surface area contributed by atoms with Crippen LogP contribution in [0.3, 0.4) is 0 Å². The van der Waals surface area contributed by atoms with Crippen molar-refractivity contribution in [1.29, 1.82) is 0 Å². The lowest BCUT2D eigenvalue weighted by Crippen LogP contribution is -2.36. The van der Waals surface area contributed by atoms with Gasteiger partial charge in [0.15, 0.2) is 0 Å². The summed E-state index contributed by atoms with van der Waals surface area (Å²) in [6.45, 7) is 1.80. The molecule has 1 aromatic rings. The van der Waals surface area contributed by atoms with Gasteiger partial charge in [-0.05, 0) is 37.4 Å². The van der Waals surface area contributed by atoms with E-state index in [0.717, 1.165) is 30.9 Å². The lowest BCUT2D eigenvalue weighted by atomic mass is 9.82. The summed E-state index contributed by atoms with van der Waals surface area (Å²) in [6, 6.07) is 0. The predicted octanol–water partition coefficient (Wildman–Crippen LogP) is 1.39. The molecule has 1 aliphatic carbocycles. The Morgan fingerprint density at radius 3 is 2.80 bits per heavy atom. The van der Waals surface area contributed by atoms with Gasteiger partial charge in [-0.15, -0.1) is 10.2 Å². The molecule has 1 N–H and O–H groups in total. The molecular weight excluding hydrogens is 234 g/mol. The number of hydrogen-bond acceptors (Lipinski definition) is 5. The van der Waals surface area contributed by atoms with E-state index in [1.807, 2.05) is 0 Å². The van der Waals surface area contributed by atoms with E-state index in [1.54, 1.807) is 0 Å². The quantitative estimate of drug-likeness (QED) is 0.874. The average Bonchev–Trinajstić information content (AvgIpc) is 2.48. The number of rotatable bonds is 4. The number of aliphatic hydroxyl groups excluding tert-OH is 1. The van der Waals surface area contributed by atoms with Gasteiger partial charge >= 0.3 is 0 Å². The van der Waals surface area contributed by atoms with Crippen LogP contribution in [0.1, 0.15) is 17.8 Å². The molecule has 0 aliphatic heterocycles. The topological polar surface area (TPSA) is 49.2 Å². The van der Waals surface area contributed by atoms with Gasteiger partial charge in [0.2, 0.25) is 4.47 Å². The van der Waals surface area contributed by atoms with Crippen LogP contribution in [0.2, 0.25) is 4.47 Å². The molecule has 0 unspecified atom stereocenters. The Morgan fingerprint density at radius 1 is 1.53 bits per heavy atom. The van der Waals surface area contributed by atoms with Crippen molar-refractivity contribution >= 4 is 22.9 Å². The molecule has 2 rings (SSSR count). The minimum Gasteiger partial charge on any atom is -0.393 e. The standard InChI is InChI=1S/C9H14ClN3OS/c1-13(4-6-2-7(14)3-6)5-8-11-12-9(10)15-8/h6-7,14H,2-5H2,1H3. The smallest absolute Gasteiger partial charge is 0.207 e. The van der Waals surface area contributed by atoms with E-state index >= 15 is 0 Å². The Labute approximate surface area is 97.9 Å². The highest BCUT2D eigenvalue weighted by molar-refractivity contribution is 7.15. The van der Waals surface area contributed by atoms with Crippen LogP contribution in [0.5, 0.6) is 0 Å². The SMILES string of the molecule is CN(Cc1nnc(Cl)s1)CC1CC(O)C1. The minimum atomic E-state index is -0.0700. The van der Waals surface area contributed by atoms with Gasteiger partial charge in [-0.1, -0.05) is 11.3 Å². The molecular formula is C9H14ClN3OS. The molecule has 15 heavy (non-hydrogen) atoms. The summed E-state index contributed by atoms with van der Waals surface area (Å²) in [5.41, 5.74) is 0. The van der Waals surface area contributed by atoms with Crippen molar-refractivity contribution in [2.45, 2.75) is 25.5 Å². The molecule has 0 spiro atoms. The van der Waals surface area contributed by atoms with Gasteiger partial charge in [-0.25, -0.2) is 0 Å². The largest absolute Gasteiger partial charge is 0.393 e.